The van der Waals surface area contributed by atoms with E-state index in [9.17, 15) is 9.90 Å². The lowest BCUT2D eigenvalue weighted by Gasteiger charge is -2.51. The lowest BCUT2D eigenvalue weighted by atomic mass is 9.73. The van der Waals surface area contributed by atoms with Crippen LogP contribution in [-0.4, -0.2) is 54.2 Å². The van der Waals surface area contributed by atoms with Gasteiger partial charge in [0.2, 0.25) is 0 Å². The van der Waals surface area contributed by atoms with Crippen molar-refractivity contribution in [3.8, 4) is 5.75 Å². The number of aliphatic hydroxyl groups is 1. The van der Waals surface area contributed by atoms with Crippen molar-refractivity contribution in [2.75, 3.05) is 25.5 Å². The van der Waals surface area contributed by atoms with Crippen molar-refractivity contribution in [1.29, 1.82) is 0 Å². The molecule has 5 nitrogen and oxygen atoms in total. The average molecular weight is 465 g/mol. The number of hydrogen-bond acceptors (Lipinski definition) is 5. The molecule has 2 aromatic rings. The van der Waals surface area contributed by atoms with Gasteiger partial charge in [0.25, 0.3) is 0 Å². The van der Waals surface area contributed by atoms with Gasteiger partial charge in [-0.15, -0.1) is 6.58 Å². The molecule has 0 radical (unpaired) electrons. The number of carbonyl (C=O) groups is 1. The second kappa shape index (κ2) is 8.98. The van der Waals surface area contributed by atoms with Gasteiger partial charge in [0.05, 0.1) is 13.2 Å². The van der Waals surface area contributed by atoms with E-state index in [1.54, 1.807) is 31.4 Å². The van der Waals surface area contributed by atoms with Crippen LogP contribution in [0.25, 0.3) is 5.57 Å². The molecule has 0 spiro atoms. The molecule has 3 fully saturated rings. The van der Waals surface area contributed by atoms with Crippen molar-refractivity contribution in [2.45, 2.75) is 31.0 Å². The molecule has 6 rings (SSSR count). The Balaban J connectivity index is 1.51. The van der Waals surface area contributed by atoms with Crippen LogP contribution < -0.4 is 10.1 Å². The molecule has 6 heteroatoms. The molecule has 6 atom stereocenters. The molecule has 3 saturated heterocycles. The first-order valence-corrected chi connectivity index (χ1v) is 11.9. The van der Waals surface area contributed by atoms with Crippen LogP contribution in [0.3, 0.4) is 0 Å². The Morgan fingerprint density at radius 2 is 2.18 bits per heavy atom. The van der Waals surface area contributed by atoms with E-state index >= 15 is 0 Å². The van der Waals surface area contributed by atoms with E-state index in [1.165, 1.54) is 0 Å². The fraction of sp³-hybridized carbons (Fsp3) is 0.370. The number of ether oxygens (including phenoxy) is 1. The average Bonchev–Trinajstić information content (AvgIpc) is 2.86. The number of rotatable bonds is 6. The highest BCUT2D eigenvalue weighted by Crippen LogP contribution is 2.42. The van der Waals surface area contributed by atoms with Crippen molar-refractivity contribution >= 4 is 28.6 Å². The number of piperidine rings is 3. The molecule has 2 aromatic carbocycles. The Morgan fingerprint density at radius 1 is 1.33 bits per heavy atom. The molecular formula is C27H29ClN2O3. The van der Waals surface area contributed by atoms with E-state index in [-0.39, 0.29) is 11.8 Å². The molecule has 2 unspecified atom stereocenters. The highest BCUT2D eigenvalue weighted by molar-refractivity contribution is 6.31. The number of methoxy groups -OCH3 is 1. The van der Waals surface area contributed by atoms with Crippen LogP contribution in [-0.2, 0) is 0 Å². The third-order valence-electron chi connectivity index (χ3n) is 7.42. The summed E-state index contributed by atoms with van der Waals surface area (Å²) < 4.78 is 5.45. The summed E-state index contributed by atoms with van der Waals surface area (Å²) in [4.78, 5) is 15.7. The van der Waals surface area contributed by atoms with Gasteiger partial charge in [-0.25, -0.2) is 0 Å². The molecule has 0 aliphatic carbocycles. The van der Waals surface area contributed by atoms with Gasteiger partial charge >= 0.3 is 0 Å². The minimum atomic E-state index is -0.707. The van der Waals surface area contributed by atoms with E-state index in [1.807, 2.05) is 24.3 Å². The van der Waals surface area contributed by atoms with Gasteiger partial charge in [0.15, 0.2) is 5.78 Å². The Morgan fingerprint density at radius 3 is 2.88 bits per heavy atom. The van der Waals surface area contributed by atoms with Crippen LogP contribution >= 0.6 is 11.6 Å². The number of aliphatic hydroxyl groups excluding tert-OH is 1. The maximum Gasteiger partial charge on any atom is 0.189 e. The molecule has 2 bridgehead atoms. The van der Waals surface area contributed by atoms with E-state index in [0.717, 1.165) is 42.8 Å². The standard InChI is InChI=1S/C27H29ClN2O3/c1-3-16-15-30-10-9-17(16)12-25(30)27(32)22-14-24(26(31)18-5-4-6-19(28)11-18)29-23-8-7-20(33-2)13-21(22)23/h3-8,11,13-14,16-17,24-25,27,29,32H,1,9-10,12,15H2,2H3/t16-,17-,24?,25+,27-/m0/s1. The summed E-state index contributed by atoms with van der Waals surface area (Å²) >= 11 is 6.13. The second-order valence-corrected chi connectivity index (χ2v) is 9.66. The number of fused-ring (bicyclic) bond motifs is 4. The van der Waals surface area contributed by atoms with Gasteiger partial charge < -0.3 is 15.2 Å². The fourth-order valence-electron chi connectivity index (χ4n) is 5.63. The Labute approximate surface area is 199 Å². The minimum absolute atomic E-state index is 0.0188. The van der Waals surface area contributed by atoms with Gasteiger partial charge in [-0.1, -0.05) is 29.8 Å². The zero-order chi connectivity index (χ0) is 23.1. The molecule has 4 aliphatic rings. The Bertz CT molecular complexity index is 1110. The number of hydrogen-bond donors (Lipinski definition) is 2. The summed E-state index contributed by atoms with van der Waals surface area (Å²) in [5.74, 6) is 1.66. The lowest BCUT2D eigenvalue weighted by molar-refractivity contribution is -0.0254. The van der Waals surface area contributed by atoms with E-state index in [2.05, 4.69) is 22.9 Å². The van der Waals surface area contributed by atoms with Crippen LogP contribution in [0.4, 0.5) is 5.69 Å². The summed E-state index contributed by atoms with van der Waals surface area (Å²) in [6, 6.07) is 12.1. The molecular weight excluding hydrogens is 436 g/mol. The topological polar surface area (TPSA) is 61.8 Å². The molecule has 172 valence electrons. The predicted molar refractivity (Wildman–Crippen MR) is 132 cm³/mol. The van der Waals surface area contributed by atoms with Crippen LogP contribution in [0, 0.1) is 11.8 Å². The van der Waals surface area contributed by atoms with Crippen molar-refractivity contribution in [2.24, 2.45) is 11.8 Å². The summed E-state index contributed by atoms with van der Waals surface area (Å²) in [6.45, 7) is 5.92. The largest absolute Gasteiger partial charge is 0.497 e. The number of benzene rings is 2. The van der Waals surface area contributed by atoms with Gasteiger partial charge in [0, 0.05) is 34.4 Å². The maximum atomic E-state index is 13.3. The Kier molecular flexibility index (Phi) is 6.04. The van der Waals surface area contributed by atoms with E-state index in [4.69, 9.17) is 16.3 Å². The number of Topliss-reactive ketones (excluding diaryl/α,β-unsaturated/α-hetero) is 1. The predicted octanol–water partition coefficient (Wildman–Crippen LogP) is 4.67. The number of ketones is 1. The van der Waals surface area contributed by atoms with E-state index < -0.39 is 12.1 Å². The summed E-state index contributed by atoms with van der Waals surface area (Å²) in [7, 11) is 1.63. The summed E-state index contributed by atoms with van der Waals surface area (Å²) in [5, 5.41) is 15.5. The molecule has 4 heterocycles. The highest BCUT2D eigenvalue weighted by Gasteiger charge is 2.43. The fourth-order valence-corrected chi connectivity index (χ4v) is 5.82. The number of halogens is 1. The van der Waals surface area contributed by atoms with Gasteiger partial charge in [0.1, 0.15) is 11.8 Å². The van der Waals surface area contributed by atoms with Gasteiger partial charge in [-0.2, -0.15) is 0 Å². The van der Waals surface area contributed by atoms with Crippen molar-refractivity contribution in [1.82, 2.24) is 4.90 Å². The SMILES string of the molecule is C=C[C@H]1CN2CC[C@H]1C[C@@H]2[C@@H](O)C1=CC(C(=O)c2cccc(Cl)c2)Nc2ccc(OC)cc21. The van der Waals surface area contributed by atoms with Crippen LogP contribution in [0.2, 0.25) is 5.02 Å². The quantitative estimate of drug-likeness (QED) is 0.480. The number of nitrogens with zero attached hydrogens (tertiary/aromatic N) is 1. The van der Waals surface area contributed by atoms with Crippen molar-refractivity contribution in [3.63, 3.8) is 0 Å². The first-order chi connectivity index (χ1) is 16.0. The molecule has 4 aliphatic heterocycles. The van der Waals surface area contributed by atoms with Gasteiger partial charge in [-0.3, -0.25) is 9.69 Å². The lowest BCUT2D eigenvalue weighted by Crippen LogP contribution is -2.57. The first-order valence-electron chi connectivity index (χ1n) is 11.5. The molecule has 33 heavy (non-hydrogen) atoms. The van der Waals surface area contributed by atoms with Crippen molar-refractivity contribution < 1.29 is 14.6 Å². The first kappa shape index (κ1) is 22.2. The third-order valence-corrected chi connectivity index (χ3v) is 7.66. The summed E-state index contributed by atoms with van der Waals surface area (Å²) in [5.41, 5.74) is 3.00. The van der Waals surface area contributed by atoms with Crippen LogP contribution in [0.1, 0.15) is 28.8 Å². The number of anilines is 1. The number of carbonyl (C=O) groups excluding carboxylic acids is 1. The smallest absolute Gasteiger partial charge is 0.189 e. The maximum absolute atomic E-state index is 13.3. The zero-order valence-electron chi connectivity index (χ0n) is 18.7. The molecule has 0 amide bonds. The number of nitrogens with one attached hydrogen (secondary N) is 1. The van der Waals surface area contributed by atoms with Crippen molar-refractivity contribution in [3.05, 3.63) is 77.3 Å². The highest BCUT2D eigenvalue weighted by atomic mass is 35.5. The zero-order valence-corrected chi connectivity index (χ0v) is 19.5. The van der Waals surface area contributed by atoms with Crippen LogP contribution in [0.15, 0.2) is 61.2 Å². The Hall–Kier alpha value is -2.60. The monoisotopic (exact) mass is 464 g/mol. The molecule has 0 saturated carbocycles. The second-order valence-electron chi connectivity index (χ2n) is 9.22. The molecule has 2 N–H and O–H groups in total. The third kappa shape index (κ3) is 4.10. The van der Waals surface area contributed by atoms with E-state index in [0.29, 0.717) is 28.2 Å². The minimum Gasteiger partial charge on any atom is -0.497 e. The molecule has 0 aromatic heterocycles. The normalized spacial score (nSPS) is 28.8. The van der Waals surface area contributed by atoms with Gasteiger partial charge in [-0.05, 0) is 73.2 Å². The van der Waals surface area contributed by atoms with Crippen LogP contribution in [0.5, 0.6) is 5.75 Å². The summed E-state index contributed by atoms with van der Waals surface area (Å²) in [6.07, 6.45) is 5.30.